The van der Waals surface area contributed by atoms with Crippen LogP contribution in [-0.4, -0.2) is 48.9 Å². The van der Waals surface area contributed by atoms with Crippen LogP contribution in [0, 0.1) is 6.92 Å². The van der Waals surface area contributed by atoms with Crippen LogP contribution in [0.5, 0.6) is 11.5 Å². The van der Waals surface area contributed by atoms with Gasteiger partial charge in [0.2, 0.25) is 0 Å². The van der Waals surface area contributed by atoms with Gasteiger partial charge in [0, 0.05) is 24.8 Å². The fourth-order valence-corrected chi connectivity index (χ4v) is 4.06. The molecule has 1 saturated heterocycles. The molecule has 0 spiro atoms. The van der Waals surface area contributed by atoms with Crippen LogP contribution in [0.2, 0.25) is 0 Å². The predicted molar refractivity (Wildman–Crippen MR) is 105 cm³/mol. The molecule has 1 heterocycles. The molecule has 0 radical (unpaired) electrons. The van der Waals surface area contributed by atoms with Gasteiger partial charge in [-0.3, -0.25) is 4.72 Å². The molecular formula is C19H24N2O5S. The topological polar surface area (TPSA) is 77.1 Å². The molecule has 0 saturated carbocycles. The molecule has 7 nitrogen and oxygen atoms in total. The number of nitrogens with one attached hydrogen (secondary N) is 1. The number of nitrogens with zero attached hydrogens (tertiary/aromatic N) is 1. The van der Waals surface area contributed by atoms with Crippen molar-refractivity contribution in [3.63, 3.8) is 0 Å². The summed E-state index contributed by atoms with van der Waals surface area (Å²) in [6.07, 6.45) is 0. The van der Waals surface area contributed by atoms with Gasteiger partial charge in [-0.05, 0) is 36.8 Å². The van der Waals surface area contributed by atoms with Crippen molar-refractivity contribution >= 4 is 21.4 Å². The van der Waals surface area contributed by atoms with Gasteiger partial charge in [0.15, 0.2) is 11.5 Å². The van der Waals surface area contributed by atoms with E-state index >= 15 is 0 Å². The average molecular weight is 392 g/mol. The first kappa shape index (κ1) is 19.3. The molecule has 1 aliphatic rings. The van der Waals surface area contributed by atoms with Crippen molar-refractivity contribution in [3.05, 3.63) is 42.0 Å². The van der Waals surface area contributed by atoms with Gasteiger partial charge in [-0.1, -0.05) is 6.07 Å². The second-order valence-corrected chi connectivity index (χ2v) is 7.90. The van der Waals surface area contributed by atoms with Crippen molar-refractivity contribution in [1.82, 2.24) is 0 Å². The molecule has 0 unspecified atom stereocenters. The van der Waals surface area contributed by atoms with Crippen LogP contribution in [-0.2, 0) is 14.8 Å². The van der Waals surface area contributed by atoms with Gasteiger partial charge in [0.25, 0.3) is 10.0 Å². The summed E-state index contributed by atoms with van der Waals surface area (Å²) in [5, 5.41) is 0. The Hall–Kier alpha value is -2.45. The summed E-state index contributed by atoms with van der Waals surface area (Å²) in [4.78, 5) is 2.29. The number of sulfonamides is 1. The lowest BCUT2D eigenvalue weighted by Crippen LogP contribution is -2.36. The third-order valence-electron chi connectivity index (χ3n) is 4.51. The van der Waals surface area contributed by atoms with E-state index < -0.39 is 10.0 Å². The fourth-order valence-electron chi connectivity index (χ4n) is 2.93. The molecule has 1 aliphatic heterocycles. The Balaban J connectivity index is 1.89. The van der Waals surface area contributed by atoms with Gasteiger partial charge in [-0.25, -0.2) is 8.42 Å². The highest BCUT2D eigenvalue weighted by Crippen LogP contribution is 2.31. The number of hydrogen-bond donors (Lipinski definition) is 1. The second-order valence-electron chi connectivity index (χ2n) is 6.22. The maximum atomic E-state index is 12.9. The second kappa shape index (κ2) is 8.06. The molecule has 146 valence electrons. The van der Waals surface area contributed by atoms with Crippen LogP contribution in [0.25, 0.3) is 0 Å². The molecule has 2 aromatic carbocycles. The lowest BCUT2D eigenvalue weighted by molar-refractivity contribution is 0.122. The summed E-state index contributed by atoms with van der Waals surface area (Å²) < 4.78 is 44.2. The first-order valence-corrected chi connectivity index (χ1v) is 10.1. The molecule has 27 heavy (non-hydrogen) atoms. The number of anilines is 2. The summed E-state index contributed by atoms with van der Waals surface area (Å²) in [7, 11) is -0.795. The maximum absolute atomic E-state index is 12.9. The van der Waals surface area contributed by atoms with E-state index in [1.165, 1.54) is 26.4 Å². The zero-order valence-electron chi connectivity index (χ0n) is 15.7. The molecule has 1 N–H and O–H groups in total. The van der Waals surface area contributed by atoms with Gasteiger partial charge in [0.1, 0.15) is 0 Å². The highest BCUT2D eigenvalue weighted by atomic mass is 32.2. The monoisotopic (exact) mass is 392 g/mol. The molecule has 0 aromatic heterocycles. The predicted octanol–water partition coefficient (Wildman–Crippen LogP) is 2.65. The molecule has 1 fully saturated rings. The Bertz CT molecular complexity index is 908. The largest absolute Gasteiger partial charge is 0.493 e. The zero-order valence-corrected chi connectivity index (χ0v) is 16.5. The minimum atomic E-state index is -3.77. The van der Waals surface area contributed by atoms with Gasteiger partial charge >= 0.3 is 0 Å². The van der Waals surface area contributed by atoms with Crippen molar-refractivity contribution < 1.29 is 22.6 Å². The molecule has 0 aliphatic carbocycles. The molecule has 0 amide bonds. The number of hydrogen-bond acceptors (Lipinski definition) is 6. The van der Waals surface area contributed by atoms with Crippen LogP contribution in [0.4, 0.5) is 11.4 Å². The normalized spacial score (nSPS) is 14.7. The molecule has 2 aromatic rings. The quantitative estimate of drug-likeness (QED) is 0.814. The SMILES string of the molecule is COc1ccc(S(=O)(=O)Nc2cc(N3CCOCC3)ccc2C)cc1OC. The van der Waals surface area contributed by atoms with E-state index in [-0.39, 0.29) is 4.90 Å². The molecule has 0 atom stereocenters. The number of rotatable bonds is 6. The smallest absolute Gasteiger partial charge is 0.262 e. The van der Waals surface area contributed by atoms with E-state index in [0.717, 1.165) is 24.3 Å². The van der Waals surface area contributed by atoms with Gasteiger partial charge < -0.3 is 19.1 Å². The number of morpholine rings is 1. The molecule has 0 bridgehead atoms. The molecular weight excluding hydrogens is 368 g/mol. The van der Waals surface area contributed by atoms with Crippen molar-refractivity contribution in [2.45, 2.75) is 11.8 Å². The van der Waals surface area contributed by atoms with Crippen LogP contribution >= 0.6 is 0 Å². The van der Waals surface area contributed by atoms with Gasteiger partial charge in [0.05, 0.1) is 38.0 Å². The number of methoxy groups -OCH3 is 2. The summed E-state index contributed by atoms with van der Waals surface area (Å²) >= 11 is 0. The highest BCUT2D eigenvalue weighted by molar-refractivity contribution is 7.92. The minimum Gasteiger partial charge on any atom is -0.493 e. The Kier molecular flexibility index (Phi) is 5.76. The Morgan fingerprint density at radius 1 is 1.00 bits per heavy atom. The summed E-state index contributed by atoms with van der Waals surface area (Å²) in [5.74, 6) is 0.834. The average Bonchev–Trinajstić information content (AvgIpc) is 2.69. The third kappa shape index (κ3) is 4.28. The van der Waals surface area contributed by atoms with E-state index in [4.69, 9.17) is 14.2 Å². The van der Waals surface area contributed by atoms with Gasteiger partial charge in [-0.2, -0.15) is 0 Å². The Morgan fingerprint density at radius 2 is 1.70 bits per heavy atom. The van der Waals surface area contributed by atoms with Crippen LogP contribution < -0.4 is 19.1 Å². The van der Waals surface area contributed by atoms with Gasteiger partial charge in [-0.15, -0.1) is 0 Å². The van der Waals surface area contributed by atoms with Crippen LogP contribution in [0.1, 0.15) is 5.56 Å². The minimum absolute atomic E-state index is 0.108. The van der Waals surface area contributed by atoms with E-state index in [1.807, 2.05) is 25.1 Å². The van der Waals surface area contributed by atoms with Crippen molar-refractivity contribution in [3.8, 4) is 11.5 Å². The standard InChI is InChI=1S/C19H24N2O5S/c1-14-4-5-15(21-8-10-26-11-9-21)12-17(14)20-27(22,23)16-6-7-18(24-2)19(13-16)25-3/h4-7,12-13,20H,8-11H2,1-3H3. The summed E-state index contributed by atoms with van der Waals surface area (Å²) in [5.41, 5.74) is 2.36. The first-order chi connectivity index (χ1) is 12.9. The molecule has 3 rings (SSSR count). The van der Waals surface area contributed by atoms with E-state index in [1.54, 1.807) is 6.07 Å². The lowest BCUT2D eigenvalue weighted by atomic mass is 10.1. The van der Waals surface area contributed by atoms with Crippen molar-refractivity contribution in [2.75, 3.05) is 50.1 Å². The lowest BCUT2D eigenvalue weighted by Gasteiger charge is -2.29. The number of ether oxygens (including phenoxy) is 3. The Morgan fingerprint density at radius 3 is 2.37 bits per heavy atom. The van der Waals surface area contributed by atoms with E-state index in [9.17, 15) is 8.42 Å². The third-order valence-corrected chi connectivity index (χ3v) is 5.87. The summed E-state index contributed by atoms with van der Waals surface area (Å²) in [6.45, 7) is 4.77. The Labute approximate surface area is 159 Å². The van der Waals surface area contributed by atoms with Crippen molar-refractivity contribution in [1.29, 1.82) is 0 Å². The van der Waals surface area contributed by atoms with Crippen LogP contribution in [0.3, 0.4) is 0 Å². The summed E-state index contributed by atoms with van der Waals surface area (Å²) in [6, 6.07) is 10.3. The maximum Gasteiger partial charge on any atom is 0.262 e. The number of aryl methyl sites for hydroxylation is 1. The number of benzene rings is 2. The van der Waals surface area contributed by atoms with Crippen LogP contribution in [0.15, 0.2) is 41.3 Å². The fraction of sp³-hybridized carbons (Fsp3) is 0.368. The highest BCUT2D eigenvalue weighted by Gasteiger charge is 2.19. The first-order valence-electron chi connectivity index (χ1n) is 8.63. The zero-order chi connectivity index (χ0) is 19.4. The van der Waals surface area contributed by atoms with Crippen molar-refractivity contribution in [2.24, 2.45) is 0 Å². The van der Waals surface area contributed by atoms with E-state index in [2.05, 4.69) is 9.62 Å². The molecule has 8 heteroatoms. The van der Waals surface area contributed by atoms with E-state index in [0.29, 0.717) is 30.4 Å².